The van der Waals surface area contributed by atoms with Gasteiger partial charge in [-0.15, -0.1) is 0 Å². The van der Waals surface area contributed by atoms with E-state index in [1.807, 2.05) is 24.3 Å². The maximum Gasteiger partial charge on any atom is 0.288 e. The smallest absolute Gasteiger partial charge is 0.288 e. The summed E-state index contributed by atoms with van der Waals surface area (Å²) in [6, 6.07) is 14.0. The molecule has 3 rings (SSSR count). The molecule has 0 aliphatic heterocycles. The molecule has 7 heteroatoms. The third kappa shape index (κ3) is 3.14. The molecule has 0 fully saturated rings. The van der Waals surface area contributed by atoms with Gasteiger partial charge in [-0.1, -0.05) is 24.3 Å². The predicted molar refractivity (Wildman–Crippen MR) is 87.5 cm³/mol. The minimum absolute atomic E-state index is 0.131. The number of hydrogen-bond donors (Lipinski definition) is 2. The Hall–Kier alpha value is -3.48. The number of methoxy groups -OCH3 is 1. The lowest BCUT2D eigenvalue weighted by atomic mass is 10.1. The highest BCUT2D eigenvalue weighted by Crippen LogP contribution is 2.23. The second-order valence-electron chi connectivity index (χ2n) is 4.86. The van der Waals surface area contributed by atoms with Crippen molar-refractivity contribution in [3.8, 4) is 5.88 Å². The van der Waals surface area contributed by atoms with E-state index >= 15 is 0 Å². The number of nitrogens with one attached hydrogen (secondary N) is 2. The van der Waals surface area contributed by atoms with Crippen molar-refractivity contribution in [1.82, 2.24) is 20.8 Å². The molecule has 0 bridgehead atoms. The van der Waals surface area contributed by atoms with E-state index in [-0.39, 0.29) is 11.4 Å². The molecule has 1 aromatic carbocycles. The number of rotatable bonds is 3. The Bertz CT molecular complexity index is 897. The number of hydrazine groups is 1. The summed E-state index contributed by atoms with van der Waals surface area (Å²) < 4.78 is 5.22. The van der Waals surface area contributed by atoms with Crippen LogP contribution in [0, 0.1) is 0 Å². The van der Waals surface area contributed by atoms with Crippen LogP contribution in [-0.4, -0.2) is 28.9 Å². The lowest BCUT2D eigenvalue weighted by Crippen LogP contribution is -2.42. The van der Waals surface area contributed by atoms with Crippen molar-refractivity contribution < 1.29 is 14.3 Å². The number of ether oxygens (including phenoxy) is 1. The summed E-state index contributed by atoms with van der Waals surface area (Å²) in [5.74, 6) is -0.727. The lowest BCUT2D eigenvalue weighted by molar-refractivity contribution is 0.0841. The van der Waals surface area contributed by atoms with E-state index in [0.29, 0.717) is 5.88 Å². The summed E-state index contributed by atoms with van der Waals surface area (Å²) in [5.41, 5.74) is 4.95. The fourth-order valence-corrected chi connectivity index (χ4v) is 2.18. The maximum atomic E-state index is 12.2. The molecule has 0 unspecified atom stereocenters. The van der Waals surface area contributed by atoms with Gasteiger partial charge in [0.05, 0.1) is 7.11 Å². The molecule has 2 N–H and O–H groups in total. The van der Waals surface area contributed by atoms with Crippen LogP contribution in [0.25, 0.3) is 10.8 Å². The highest BCUT2D eigenvalue weighted by Gasteiger charge is 2.14. The Balaban J connectivity index is 1.78. The van der Waals surface area contributed by atoms with Gasteiger partial charge in [0, 0.05) is 11.6 Å². The number of carbonyl (C=O) groups is 2. The fraction of sp³-hybridized carbons (Fsp3) is 0.0588. The number of aromatic nitrogens is 2. The van der Waals surface area contributed by atoms with Crippen LogP contribution < -0.4 is 15.6 Å². The van der Waals surface area contributed by atoms with Gasteiger partial charge >= 0.3 is 0 Å². The summed E-state index contributed by atoms with van der Waals surface area (Å²) >= 11 is 0. The van der Waals surface area contributed by atoms with Crippen molar-refractivity contribution in [3.05, 3.63) is 66.1 Å². The Labute approximate surface area is 137 Å². The number of nitrogens with zero attached hydrogens (tertiary/aromatic N) is 2. The average molecular weight is 322 g/mol. The van der Waals surface area contributed by atoms with Gasteiger partial charge in [0.2, 0.25) is 5.88 Å². The number of carbonyl (C=O) groups excluding carboxylic acids is 2. The summed E-state index contributed by atoms with van der Waals surface area (Å²) in [6.45, 7) is 0. The molecule has 2 heterocycles. The van der Waals surface area contributed by atoms with Crippen molar-refractivity contribution in [2.45, 2.75) is 0 Å². The average Bonchev–Trinajstić information content (AvgIpc) is 2.65. The maximum absolute atomic E-state index is 12.2. The van der Waals surface area contributed by atoms with Gasteiger partial charge < -0.3 is 4.74 Å². The van der Waals surface area contributed by atoms with E-state index in [1.165, 1.54) is 13.3 Å². The fourth-order valence-electron chi connectivity index (χ4n) is 2.18. The molecule has 0 radical (unpaired) electrons. The molecule has 3 aromatic rings. The zero-order valence-electron chi connectivity index (χ0n) is 12.8. The first-order valence-corrected chi connectivity index (χ1v) is 7.14. The molecule has 0 saturated heterocycles. The third-order valence-corrected chi connectivity index (χ3v) is 3.32. The lowest BCUT2D eigenvalue weighted by Gasteiger charge is -2.09. The van der Waals surface area contributed by atoms with Crippen molar-refractivity contribution >= 4 is 22.6 Å². The predicted octanol–water partition coefficient (Wildman–Crippen LogP) is 1.71. The SMILES string of the molecule is COc1nc(C(=O)NNC(=O)c2ccccn2)cc2ccccc12. The molecular weight excluding hydrogens is 308 g/mol. The Morgan fingerprint density at radius 3 is 2.38 bits per heavy atom. The molecule has 24 heavy (non-hydrogen) atoms. The van der Waals surface area contributed by atoms with Gasteiger partial charge in [-0.3, -0.25) is 25.4 Å². The van der Waals surface area contributed by atoms with Gasteiger partial charge in [-0.05, 0) is 29.7 Å². The number of pyridine rings is 2. The second-order valence-corrected chi connectivity index (χ2v) is 4.86. The number of fused-ring (bicyclic) bond motifs is 1. The van der Waals surface area contributed by atoms with Crippen LogP contribution in [0.15, 0.2) is 54.7 Å². The number of amides is 2. The first-order chi connectivity index (χ1) is 11.7. The highest BCUT2D eigenvalue weighted by molar-refractivity contribution is 6.00. The van der Waals surface area contributed by atoms with Crippen molar-refractivity contribution in [3.63, 3.8) is 0 Å². The molecule has 0 saturated carbocycles. The summed E-state index contributed by atoms with van der Waals surface area (Å²) in [5, 5.41) is 1.61. The molecule has 7 nitrogen and oxygen atoms in total. The van der Waals surface area contributed by atoms with E-state index in [9.17, 15) is 9.59 Å². The normalized spacial score (nSPS) is 10.2. The van der Waals surface area contributed by atoms with Gasteiger partial charge in [0.25, 0.3) is 11.8 Å². The van der Waals surface area contributed by atoms with Crippen LogP contribution in [0.1, 0.15) is 21.0 Å². The zero-order chi connectivity index (χ0) is 16.9. The van der Waals surface area contributed by atoms with Crippen LogP contribution in [0.5, 0.6) is 5.88 Å². The Morgan fingerprint density at radius 1 is 0.958 bits per heavy atom. The molecule has 0 aliphatic rings. The molecule has 120 valence electrons. The van der Waals surface area contributed by atoms with Gasteiger partial charge in [0.1, 0.15) is 11.4 Å². The first-order valence-electron chi connectivity index (χ1n) is 7.14. The third-order valence-electron chi connectivity index (χ3n) is 3.32. The summed E-state index contributed by atoms with van der Waals surface area (Å²) in [4.78, 5) is 32.2. The molecule has 2 amide bonds. The highest BCUT2D eigenvalue weighted by atomic mass is 16.5. The van der Waals surface area contributed by atoms with E-state index in [2.05, 4.69) is 20.8 Å². The van der Waals surface area contributed by atoms with E-state index in [1.54, 1.807) is 24.3 Å². The van der Waals surface area contributed by atoms with Crippen LogP contribution in [0.3, 0.4) is 0 Å². The zero-order valence-corrected chi connectivity index (χ0v) is 12.8. The van der Waals surface area contributed by atoms with Gasteiger partial charge in [-0.2, -0.15) is 0 Å². The van der Waals surface area contributed by atoms with Crippen LogP contribution in [0.4, 0.5) is 0 Å². The largest absolute Gasteiger partial charge is 0.481 e. The molecule has 2 aromatic heterocycles. The van der Waals surface area contributed by atoms with Gasteiger partial charge in [-0.25, -0.2) is 4.98 Å². The van der Waals surface area contributed by atoms with Crippen molar-refractivity contribution in [2.24, 2.45) is 0 Å². The van der Waals surface area contributed by atoms with E-state index in [4.69, 9.17) is 4.74 Å². The van der Waals surface area contributed by atoms with Crippen molar-refractivity contribution in [2.75, 3.05) is 7.11 Å². The number of benzene rings is 1. The van der Waals surface area contributed by atoms with Gasteiger partial charge in [0.15, 0.2) is 0 Å². The van der Waals surface area contributed by atoms with E-state index < -0.39 is 11.8 Å². The van der Waals surface area contributed by atoms with Crippen molar-refractivity contribution in [1.29, 1.82) is 0 Å². The summed E-state index contributed by atoms with van der Waals surface area (Å²) in [6.07, 6.45) is 1.49. The molecule has 0 aliphatic carbocycles. The van der Waals surface area contributed by atoms with Crippen LogP contribution >= 0.6 is 0 Å². The second kappa shape index (κ2) is 6.74. The van der Waals surface area contributed by atoms with E-state index in [0.717, 1.165) is 10.8 Å². The number of hydrogen-bond acceptors (Lipinski definition) is 5. The standard InChI is InChI=1S/C17H14N4O3/c1-24-17-12-7-3-2-6-11(12)10-14(19-17)16(23)21-20-15(22)13-8-4-5-9-18-13/h2-10H,1H3,(H,20,22)(H,21,23). The molecule has 0 spiro atoms. The Morgan fingerprint density at radius 2 is 1.67 bits per heavy atom. The minimum atomic E-state index is -0.552. The first kappa shape index (κ1) is 15.4. The Kier molecular flexibility index (Phi) is 4.33. The summed E-state index contributed by atoms with van der Waals surface area (Å²) in [7, 11) is 1.49. The minimum Gasteiger partial charge on any atom is -0.481 e. The molecule has 0 atom stereocenters. The quantitative estimate of drug-likeness (QED) is 0.716. The molecular formula is C17H14N4O3. The van der Waals surface area contributed by atoms with Crippen LogP contribution in [-0.2, 0) is 0 Å². The monoisotopic (exact) mass is 322 g/mol. The van der Waals surface area contributed by atoms with Crippen LogP contribution in [0.2, 0.25) is 0 Å². The topological polar surface area (TPSA) is 93.2 Å².